The molecule has 0 fully saturated rings. The van der Waals surface area contributed by atoms with Crippen LogP contribution in [0.4, 0.5) is 0 Å². The Morgan fingerprint density at radius 3 is 2.44 bits per heavy atom. The van der Waals surface area contributed by atoms with Crippen molar-refractivity contribution in [2.45, 2.75) is 0 Å². The van der Waals surface area contributed by atoms with Crippen molar-refractivity contribution in [1.29, 1.82) is 0 Å². The van der Waals surface area contributed by atoms with Gasteiger partial charge >= 0.3 is 0 Å². The molecule has 3 rings (SSSR count). The smallest absolute Gasteiger partial charge is 0.0709 e. The first-order valence-electron chi connectivity index (χ1n) is 5.55. The SMILES string of the molecule is Brc1ccc(-c2c(I)cnc3ccccc23)cc1. The summed E-state index contributed by atoms with van der Waals surface area (Å²) in [6.45, 7) is 0. The molecule has 0 amide bonds. The molecule has 18 heavy (non-hydrogen) atoms. The number of fused-ring (bicyclic) bond motifs is 1. The molecule has 1 heterocycles. The van der Waals surface area contributed by atoms with Gasteiger partial charge in [0.25, 0.3) is 0 Å². The van der Waals surface area contributed by atoms with E-state index in [1.165, 1.54) is 20.1 Å². The van der Waals surface area contributed by atoms with Crippen molar-refractivity contribution < 1.29 is 0 Å². The van der Waals surface area contributed by atoms with Crippen LogP contribution < -0.4 is 0 Å². The zero-order valence-corrected chi connectivity index (χ0v) is 13.1. The van der Waals surface area contributed by atoms with Crippen molar-refractivity contribution in [3.63, 3.8) is 0 Å². The summed E-state index contributed by atoms with van der Waals surface area (Å²) in [4.78, 5) is 4.47. The summed E-state index contributed by atoms with van der Waals surface area (Å²) >= 11 is 5.82. The molecule has 0 N–H and O–H groups in total. The van der Waals surface area contributed by atoms with E-state index in [0.29, 0.717) is 0 Å². The highest BCUT2D eigenvalue weighted by Crippen LogP contribution is 2.32. The van der Waals surface area contributed by atoms with Crippen molar-refractivity contribution in [3.05, 3.63) is 62.8 Å². The van der Waals surface area contributed by atoms with Crippen LogP contribution in [0.1, 0.15) is 0 Å². The second kappa shape index (κ2) is 4.97. The molecule has 0 unspecified atom stereocenters. The Bertz CT molecular complexity index is 707. The molecule has 2 aromatic carbocycles. The third-order valence-corrected chi connectivity index (χ3v) is 4.21. The van der Waals surface area contributed by atoms with Crippen LogP contribution in [0.25, 0.3) is 22.0 Å². The summed E-state index contributed by atoms with van der Waals surface area (Å²) < 4.78 is 2.27. The lowest BCUT2D eigenvalue weighted by atomic mass is 10.0. The average Bonchev–Trinajstić information content (AvgIpc) is 2.40. The van der Waals surface area contributed by atoms with Gasteiger partial charge in [-0.2, -0.15) is 0 Å². The number of para-hydroxylation sites is 1. The number of hydrogen-bond donors (Lipinski definition) is 0. The van der Waals surface area contributed by atoms with E-state index in [-0.39, 0.29) is 0 Å². The van der Waals surface area contributed by atoms with Gasteiger partial charge in [0.15, 0.2) is 0 Å². The Morgan fingerprint density at radius 1 is 0.944 bits per heavy atom. The molecule has 1 nitrogen and oxygen atoms in total. The molecule has 0 saturated carbocycles. The second-order valence-corrected chi connectivity index (χ2v) is 6.08. The minimum Gasteiger partial charge on any atom is -0.255 e. The molecular formula is C15H9BrIN. The number of rotatable bonds is 1. The zero-order valence-electron chi connectivity index (χ0n) is 9.40. The van der Waals surface area contributed by atoms with Gasteiger partial charge in [-0.3, -0.25) is 4.98 Å². The van der Waals surface area contributed by atoms with Gasteiger partial charge < -0.3 is 0 Å². The maximum Gasteiger partial charge on any atom is 0.0709 e. The Morgan fingerprint density at radius 2 is 1.67 bits per heavy atom. The van der Waals surface area contributed by atoms with Crippen LogP contribution in [0.3, 0.4) is 0 Å². The molecule has 0 aliphatic carbocycles. The van der Waals surface area contributed by atoms with E-state index in [9.17, 15) is 0 Å². The summed E-state index contributed by atoms with van der Waals surface area (Å²) in [6, 6.07) is 16.7. The van der Waals surface area contributed by atoms with E-state index in [0.717, 1.165) is 9.99 Å². The number of nitrogens with zero attached hydrogens (tertiary/aromatic N) is 1. The number of halogens is 2. The van der Waals surface area contributed by atoms with E-state index >= 15 is 0 Å². The van der Waals surface area contributed by atoms with Crippen molar-refractivity contribution in [2.24, 2.45) is 0 Å². The van der Waals surface area contributed by atoms with Crippen molar-refractivity contribution in [2.75, 3.05) is 0 Å². The number of hydrogen-bond acceptors (Lipinski definition) is 1. The predicted molar refractivity (Wildman–Crippen MR) is 87.6 cm³/mol. The predicted octanol–water partition coefficient (Wildman–Crippen LogP) is 5.27. The first kappa shape index (κ1) is 12.1. The third kappa shape index (κ3) is 2.17. The highest BCUT2D eigenvalue weighted by molar-refractivity contribution is 14.1. The van der Waals surface area contributed by atoms with E-state index in [4.69, 9.17) is 0 Å². The van der Waals surface area contributed by atoms with E-state index < -0.39 is 0 Å². The van der Waals surface area contributed by atoms with Crippen LogP contribution in [0.15, 0.2) is 59.2 Å². The minimum absolute atomic E-state index is 1.04. The quantitative estimate of drug-likeness (QED) is 0.499. The number of benzene rings is 2. The fraction of sp³-hybridized carbons (Fsp3) is 0. The van der Waals surface area contributed by atoms with Crippen LogP contribution >= 0.6 is 38.5 Å². The van der Waals surface area contributed by atoms with Crippen LogP contribution in [0, 0.1) is 3.57 Å². The fourth-order valence-corrected chi connectivity index (χ4v) is 3.03. The van der Waals surface area contributed by atoms with Gasteiger partial charge in [0.2, 0.25) is 0 Å². The molecule has 0 saturated heterocycles. The molecule has 88 valence electrons. The highest BCUT2D eigenvalue weighted by Gasteiger charge is 2.08. The first-order chi connectivity index (χ1) is 8.75. The summed E-state index contributed by atoms with van der Waals surface area (Å²) in [5.41, 5.74) is 3.52. The number of aromatic nitrogens is 1. The molecule has 3 aromatic rings. The molecule has 0 aliphatic heterocycles. The molecule has 0 bridgehead atoms. The normalized spacial score (nSPS) is 10.8. The minimum atomic E-state index is 1.04. The standard InChI is InChI=1S/C15H9BrIN/c16-11-7-5-10(6-8-11)15-12-3-1-2-4-14(12)18-9-13(15)17/h1-9H. The summed E-state index contributed by atoms with van der Waals surface area (Å²) in [7, 11) is 0. The Balaban J connectivity index is 2.33. The monoisotopic (exact) mass is 409 g/mol. The van der Waals surface area contributed by atoms with Crippen LogP contribution in [-0.4, -0.2) is 4.98 Å². The largest absolute Gasteiger partial charge is 0.255 e. The Hall–Kier alpha value is -0.940. The molecule has 3 heteroatoms. The van der Waals surface area contributed by atoms with E-state index in [1.54, 1.807) is 0 Å². The van der Waals surface area contributed by atoms with Gasteiger partial charge in [0.05, 0.1) is 5.52 Å². The maximum atomic E-state index is 4.47. The van der Waals surface area contributed by atoms with Crippen LogP contribution in [0.2, 0.25) is 0 Å². The van der Waals surface area contributed by atoms with E-state index in [1.807, 2.05) is 18.3 Å². The van der Waals surface area contributed by atoms with Gasteiger partial charge in [-0.25, -0.2) is 0 Å². The molecule has 0 radical (unpaired) electrons. The van der Waals surface area contributed by atoms with E-state index in [2.05, 4.69) is 79.9 Å². The van der Waals surface area contributed by atoms with Crippen LogP contribution in [-0.2, 0) is 0 Å². The second-order valence-electron chi connectivity index (χ2n) is 4.01. The van der Waals surface area contributed by atoms with Crippen molar-refractivity contribution in [3.8, 4) is 11.1 Å². The fourth-order valence-electron chi connectivity index (χ4n) is 2.03. The Kier molecular flexibility index (Phi) is 3.35. The lowest BCUT2D eigenvalue weighted by Crippen LogP contribution is -1.88. The van der Waals surface area contributed by atoms with Gasteiger partial charge in [-0.15, -0.1) is 0 Å². The third-order valence-electron chi connectivity index (χ3n) is 2.86. The molecule has 1 aromatic heterocycles. The lowest BCUT2D eigenvalue weighted by Gasteiger charge is -2.09. The number of pyridine rings is 1. The first-order valence-corrected chi connectivity index (χ1v) is 7.42. The van der Waals surface area contributed by atoms with Crippen LogP contribution in [0.5, 0.6) is 0 Å². The zero-order chi connectivity index (χ0) is 12.5. The topological polar surface area (TPSA) is 12.9 Å². The van der Waals surface area contributed by atoms with Gasteiger partial charge in [-0.05, 0) is 46.4 Å². The van der Waals surface area contributed by atoms with Crippen molar-refractivity contribution in [1.82, 2.24) is 4.98 Å². The van der Waals surface area contributed by atoms with Gasteiger partial charge in [0, 0.05) is 25.2 Å². The molecule has 0 spiro atoms. The van der Waals surface area contributed by atoms with Gasteiger partial charge in [-0.1, -0.05) is 46.3 Å². The highest BCUT2D eigenvalue weighted by atomic mass is 127. The molecule has 0 aliphatic rings. The summed E-state index contributed by atoms with van der Waals surface area (Å²) in [6.07, 6.45) is 1.93. The molecular weight excluding hydrogens is 401 g/mol. The van der Waals surface area contributed by atoms with Gasteiger partial charge in [0.1, 0.15) is 0 Å². The summed E-state index contributed by atoms with van der Waals surface area (Å²) in [5.74, 6) is 0. The summed E-state index contributed by atoms with van der Waals surface area (Å²) in [5, 5.41) is 1.20. The van der Waals surface area contributed by atoms with Crippen molar-refractivity contribution >= 4 is 49.4 Å². The average molecular weight is 410 g/mol. The maximum absolute atomic E-state index is 4.47. The Labute approximate surface area is 128 Å². The molecule has 0 atom stereocenters. The lowest BCUT2D eigenvalue weighted by molar-refractivity contribution is 1.38.